The predicted molar refractivity (Wildman–Crippen MR) is 80.1 cm³/mol. The summed E-state index contributed by atoms with van der Waals surface area (Å²) in [7, 11) is 0. The number of para-hydroxylation sites is 2. The first kappa shape index (κ1) is 15.5. The lowest BCUT2D eigenvalue weighted by atomic mass is 10.2. The van der Waals surface area contributed by atoms with E-state index < -0.39 is 23.9 Å². The molecular formula is C16H15FN2O3. The summed E-state index contributed by atoms with van der Waals surface area (Å²) in [5, 5.41) is 4.77. The lowest BCUT2D eigenvalue weighted by molar-refractivity contribution is -0.117. The van der Waals surface area contributed by atoms with Gasteiger partial charge < -0.3 is 15.4 Å². The number of hydrogen-bond donors (Lipinski definition) is 2. The minimum atomic E-state index is -0.879. The molecule has 0 saturated heterocycles. The SMILES string of the molecule is CC(NC(=O)Oc1ccccc1)C(=O)Nc1ccccc1F. The molecular weight excluding hydrogens is 287 g/mol. The molecule has 0 heterocycles. The summed E-state index contributed by atoms with van der Waals surface area (Å²) < 4.78 is 18.4. The third-order valence-electron chi connectivity index (χ3n) is 2.81. The van der Waals surface area contributed by atoms with Gasteiger partial charge in [0.25, 0.3) is 0 Å². The number of ether oxygens (including phenoxy) is 1. The number of carbonyl (C=O) groups is 2. The predicted octanol–water partition coefficient (Wildman–Crippen LogP) is 2.94. The van der Waals surface area contributed by atoms with Crippen LogP contribution in [0.2, 0.25) is 0 Å². The molecule has 0 aliphatic rings. The van der Waals surface area contributed by atoms with Crippen molar-refractivity contribution in [2.24, 2.45) is 0 Å². The van der Waals surface area contributed by atoms with E-state index in [2.05, 4.69) is 10.6 Å². The van der Waals surface area contributed by atoms with Gasteiger partial charge in [-0.05, 0) is 31.2 Å². The van der Waals surface area contributed by atoms with Gasteiger partial charge in [-0.25, -0.2) is 9.18 Å². The third-order valence-corrected chi connectivity index (χ3v) is 2.81. The first-order chi connectivity index (χ1) is 10.6. The number of benzene rings is 2. The van der Waals surface area contributed by atoms with E-state index in [1.165, 1.54) is 25.1 Å². The van der Waals surface area contributed by atoms with Gasteiger partial charge in [-0.3, -0.25) is 4.79 Å². The highest BCUT2D eigenvalue weighted by molar-refractivity contribution is 5.96. The average Bonchev–Trinajstić information content (AvgIpc) is 2.50. The lowest BCUT2D eigenvalue weighted by Crippen LogP contribution is -2.43. The first-order valence-corrected chi connectivity index (χ1v) is 6.65. The molecule has 0 aromatic heterocycles. The molecule has 5 nitrogen and oxygen atoms in total. The van der Waals surface area contributed by atoms with Crippen LogP contribution >= 0.6 is 0 Å². The van der Waals surface area contributed by atoms with Crippen LogP contribution in [0.3, 0.4) is 0 Å². The highest BCUT2D eigenvalue weighted by Gasteiger charge is 2.17. The fourth-order valence-corrected chi connectivity index (χ4v) is 1.67. The number of rotatable bonds is 4. The van der Waals surface area contributed by atoms with E-state index >= 15 is 0 Å². The Bertz CT molecular complexity index is 661. The second-order valence-corrected chi connectivity index (χ2v) is 4.54. The first-order valence-electron chi connectivity index (χ1n) is 6.65. The second kappa shape index (κ2) is 7.21. The molecule has 2 aromatic carbocycles. The number of halogens is 1. The second-order valence-electron chi connectivity index (χ2n) is 4.54. The van der Waals surface area contributed by atoms with E-state index in [1.54, 1.807) is 36.4 Å². The topological polar surface area (TPSA) is 67.4 Å². The molecule has 1 unspecified atom stereocenters. The molecule has 0 radical (unpaired) electrons. The molecule has 2 aromatic rings. The highest BCUT2D eigenvalue weighted by atomic mass is 19.1. The zero-order valence-corrected chi connectivity index (χ0v) is 11.9. The van der Waals surface area contributed by atoms with Crippen molar-refractivity contribution in [2.45, 2.75) is 13.0 Å². The maximum Gasteiger partial charge on any atom is 0.413 e. The molecule has 2 rings (SSSR count). The van der Waals surface area contributed by atoms with Crippen LogP contribution < -0.4 is 15.4 Å². The summed E-state index contributed by atoms with van der Waals surface area (Å²) in [6.45, 7) is 1.47. The Kier molecular flexibility index (Phi) is 5.08. The Hall–Kier alpha value is -2.89. The van der Waals surface area contributed by atoms with Crippen LogP contribution in [0, 0.1) is 5.82 Å². The van der Waals surface area contributed by atoms with Gasteiger partial charge in [0.1, 0.15) is 17.6 Å². The summed E-state index contributed by atoms with van der Waals surface area (Å²) in [5.74, 6) is -0.730. The Morgan fingerprint density at radius 2 is 1.68 bits per heavy atom. The number of carbonyl (C=O) groups excluding carboxylic acids is 2. The molecule has 0 spiro atoms. The van der Waals surface area contributed by atoms with Crippen molar-refractivity contribution in [3.63, 3.8) is 0 Å². The van der Waals surface area contributed by atoms with Crippen molar-refractivity contribution in [1.82, 2.24) is 5.32 Å². The standard InChI is InChI=1S/C16H15FN2O3/c1-11(15(20)19-14-10-6-5-9-13(14)17)18-16(21)22-12-7-3-2-4-8-12/h2-11H,1H3,(H,18,21)(H,19,20). The van der Waals surface area contributed by atoms with Crippen LogP contribution in [0.4, 0.5) is 14.9 Å². The zero-order chi connectivity index (χ0) is 15.9. The smallest absolute Gasteiger partial charge is 0.410 e. The van der Waals surface area contributed by atoms with E-state index in [1.807, 2.05) is 0 Å². The molecule has 2 amide bonds. The highest BCUT2D eigenvalue weighted by Crippen LogP contribution is 2.12. The van der Waals surface area contributed by atoms with E-state index in [9.17, 15) is 14.0 Å². The Morgan fingerprint density at radius 1 is 1.05 bits per heavy atom. The van der Waals surface area contributed by atoms with Crippen molar-refractivity contribution in [2.75, 3.05) is 5.32 Å². The molecule has 22 heavy (non-hydrogen) atoms. The summed E-state index contributed by atoms with van der Waals surface area (Å²) in [4.78, 5) is 23.6. The van der Waals surface area contributed by atoms with Gasteiger partial charge >= 0.3 is 6.09 Å². The molecule has 0 aliphatic carbocycles. The van der Waals surface area contributed by atoms with Crippen molar-refractivity contribution >= 4 is 17.7 Å². The van der Waals surface area contributed by atoms with E-state index in [-0.39, 0.29) is 5.69 Å². The summed E-state index contributed by atoms with van der Waals surface area (Å²) in [6.07, 6.45) is -0.762. The van der Waals surface area contributed by atoms with Crippen molar-refractivity contribution in [3.05, 3.63) is 60.4 Å². The summed E-state index contributed by atoms with van der Waals surface area (Å²) >= 11 is 0. The van der Waals surface area contributed by atoms with Crippen LogP contribution in [0.15, 0.2) is 54.6 Å². The Labute approximate surface area is 127 Å². The molecule has 0 bridgehead atoms. The van der Waals surface area contributed by atoms with Gasteiger partial charge in [0, 0.05) is 0 Å². The number of hydrogen-bond acceptors (Lipinski definition) is 3. The monoisotopic (exact) mass is 302 g/mol. The minimum Gasteiger partial charge on any atom is -0.410 e. The van der Waals surface area contributed by atoms with Crippen molar-refractivity contribution < 1.29 is 18.7 Å². The largest absolute Gasteiger partial charge is 0.413 e. The molecule has 1 atom stereocenters. The minimum absolute atomic E-state index is 0.0533. The van der Waals surface area contributed by atoms with E-state index in [0.29, 0.717) is 5.75 Å². The third kappa shape index (κ3) is 4.31. The molecule has 2 N–H and O–H groups in total. The van der Waals surface area contributed by atoms with Crippen LogP contribution in [-0.4, -0.2) is 18.0 Å². The quantitative estimate of drug-likeness (QED) is 0.912. The van der Waals surface area contributed by atoms with Gasteiger partial charge in [-0.2, -0.15) is 0 Å². The molecule has 0 saturated carbocycles. The van der Waals surface area contributed by atoms with Crippen LogP contribution in [0.1, 0.15) is 6.92 Å². The maximum atomic E-state index is 13.4. The van der Waals surface area contributed by atoms with Gasteiger partial charge in [0.05, 0.1) is 5.69 Å². The number of anilines is 1. The van der Waals surface area contributed by atoms with E-state index in [0.717, 1.165) is 0 Å². The number of nitrogens with one attached hydrogen (secondary N) is 2. The zero-order valence-electron chi connectivity index (χ0n) is 11.9. The lowest BCUT2D eigenvalue weighted by Gasteiger charge is -2.14. The molecule has 6 heteroatoms. The summed E-state index contributed by atoms with van der Waals surface area (Å²) in [6, 6.07) is 13.4. The molecule has 0 aliphatic heterocycles. The Morgan fingerprint density at radius 3 is 2.36 bits per heavy atom. The van der Waals surface area contributed by atoms with Crippen LogP contribution in [0.5, 0.6) is 5.75 Å². The van der Waals surface area contributed by atoms with Crippen LogP contribution in [-0.2, 0) is 4.79 Å². The van der Waals surface area contributed by atoms with Gasteiger partial charge in [-0.15, -0.1) is 0 Å². The fourth-order valence-electron chi connectivity index (χ4n) is 1.67. The molecule has 0 fully saturated rings. The fraction of sp³-hybridized carbons (Fsp3) is 0.125. The van der Waals surface area contributed by atoms with Gasteiger partial charge in [0.2, 0.25) is 5.91 Å². The van der Waals surface area contributed by atoms with Gasteiger partial charge in [-0.1, -0.05) is 30.3 Å². The normalized spacial score (nSPS) is 11.4. The maximum absolute atomic E-state index is 13.4. The summed E-state index contributed by atoms with van der Waals surface area (Å²) in [5.41, 5.74) is 0.0533. The molecule has 114 valence electrons. The van der Waals surface area contributed by atoms with Crippen LogP contribution in [0.25, 0.3) is 0 Å². The Balaban J connectivity index is 1.88. The van der Waals surface area contributed by atoms with Crippen molar-refractivity contribution in [1.29, 1.82) is 0 Å². The van der Waals surface area contributed by atoms with Crippen molar-refractivity contribution in [3.8, 4) is 5.75 Å². The van der Waals surface area contributed by atoms with Gasteiger partial charge in [0.15, 0.2) is 0 Å². The average molecular weight is 302 g/mol. The number of amides is 2. The van der Waals surface area contributed by atoms with E-state index in [4.69, 9.17) is 4.74 Å².